The third kappa shape index (κ3) is 2.60. The Labute approximate surface area is 119 Å². The average Bonchev–Trinajstić information content (AvgIpc) is 2.56. The average molecular weight is 265 g/mol. The summed E-state index contributed by atoms with van der Waals surface area (Å²) >= 11 is 0. The van der Waals surface area contributed by atoms with Crippen molar-refractivity contribution in [3.63, 3.8) is 0 Å². The van der Waals surface area contributed by atoms with E-state index in [1.54, 1.807) is 0 Å². The van der Waals surface area contributed by atoms with Crippen molar-refractivity contribution in [2.75, 3.05) is 0 Å². The molecule has 0 spiro atoms. The normalized spacial score (nSPS) is 24.7. The summed E-state index contributed by atoms with van der Waals surface area (Å²) in [4.78, 5) is 0. The zero-order valence-corrected chi connectivity index (χ0v) is 11.4. The van der Waals surface area contributed by atoms with E-state index in [0.717, 1.165) is 25.0 Å². The minimum absolute atomic E-state index is 0.401. The summed E-state index contributed by atoms with van der Waals surface area (Å²) < 4.78 is 0. The van der Waals surface area contributed by atoms with Gasteiger partial charge in [-0.1, -0.05) is 65.8 Å². The number of rotatable bonds is 2. The minimum atomic E-state index is 0.401. The Morgan fingerprint density at radius 3 is 1.90 bits per heavy atom. The second kappa shape index (κ2) is 5.91. The molecule has 1 unspecified atom stereocenters. The fraction of sp³-hybridized carbons (Fsp3) is 0.278. The molecule has 0 radical (unpaired) electrons. The van der Waals surface area contributed by atoms with Gasteiger partial charge in [0.1, 0.15) is 0 Å². The van der Waals surface area contributed by atoms with E-state index in [2.05, 4.69) is 59.8 Å². The van der Waals surface area contributed by atoms with Crippen LogP contribution >= 0.6 is 0 Å². The number of nitrogens with zero attached hydrogens (tertiary/aromatic N) is 1. The van der Waals surface area contributed by atoms with Crippen molar-refractivity contribution in [2.45, 2.75) is 31.1 Å². The Balaban J connectivity index is 1.95. The molecule has 1 N–H and O–H groups in total. The lowest BCUT2D eigenvalue weighted by Gasteiger charge is -2.32. The maximum Gasteiger partial charge on any atom is 0.0577 e. The summed E-state index contributed by atoms with van der Waals surface area (Å²) in [5, 5.41) is 12.6. The maximum absolute atomic E-state index is 9.10. The van der Waals surface area contributed by atoms with Crippen LogP contribution in [0.5, 0.6) is 0 Å². The Morgan fingerprint density at radius 2 is 1.35 bits per heavy atom. The van der Waals surface area contributed by atoms with Crippen molar-refractivity contribution in [3.8, 4) is 0 Å². The quantitative estimate of drug-likeness (QED) is 0.626. The predicted octanol–water partition coefficient (Wildman–Crippen LogP) is 4.57. The van der Waals surface area contributed by atoms with Crippen molar-refractivity contribution < 1.29 is 5.21 Å². The maximum atomic E-state index is 9.10. The molecule has 0 heterocycles. The van der Waals surface area contributed by atoms with Crippen molar-refractivity contribution in [3.05, 3.63) is 71.8 Å². The molecule has 0 saturated heterocycles. The van der Waals surface area contributed by atoms with Crippen LogP contribution in [0.3, 0.4) is 0 Å². The summed E-state index contributed by atoms with van der Waals surface area (Å²) in [5.74, 6) is 0.905. The summed E-state index contributed by atoms with van der Waals surface area (Å²) in [6, 6.07) is 21.3. The molecule has 2 atom stereocenters. The van der Waals surface area contributed by atoms with Gasteiger partial charge in [-0.25, -0.2) is 0 Å². The van der Waals surface area contributed by atoms with E-state index in [1.807, 2.05) is 6.07 Å². The van der Waals surface area contributed by atoms with Crippen LogP contribution in [0.15, 0.2) is 65.8 Å². The molecule has 1 saturated carbocycles. The molecule has 0 bridgehead atoms. The molecule has 0 aromatic heterocycles. The number of hydrogen-bond acceptors (Lipinski definition) is 2. The van der Waals surface area contributed by atoms with Crippen molar-refractivity contribution in [2.24, 2.45) is 5.16 Å². The first kappa shape index (κ1) is 12.9. The van der Waals surface area contributed by atoms with E-state index in [-0.39, 0.29) is 0 Å². The SMILES string of the molecule is O/N=C1/CC[C@@H](c2ccccc2)C(c2ccccc2)C1. The van der Waals surface area contributed by atoms with Crippen LogP contribution in [0.4, 0.5) is 0 Å². The highest BCUT2D eigenvalue weighted by Gasteiger charge is 2.30. The van der Waals surface area contributed by atoms with Crippen LogP contribution in [0.1, 0.15) is 42.2 Å². The van der Waals surface area contributed by atoms with Crippen LogP contribution in [0, 0.1) is 0 Å². The standard InChI is InChI=1S/C18H19NO/c20-19-16-11-12-17(14-7-3-1-4-8-14)18(13-16)15-9-5-2-6-10-15/h1-10,17-18,20H,11-13H2/b19-16-/t17-,18?/m0/s1. The third-order valence-corrected chi connectivity index (χ3v) is 4.28. The summed E-state index contributed by atoms with van der Waals surface area (Å²) in [6.45, 7) is 0. The van der Waals surface area contributed by atoms with E-state index >= 15 is 0 Å². The van der Waals surface area contributed by atoms with Gasteiger partial charge in [0.2, 0.25) is 0 Å². The molecular formula is C18H19NO. The van der Waals surface area contributed by atoms with Crippen molar-refractivity contribution in [1.29, 1.82) is 0 Å². The molecule has 1 fully saturated rings. The summed E-state index contributed by atoms with van der Waals surface area (Å²) in [7, 11) is 0. The van der Waals surface area contributed by atoms with E-state index in [9.17, 15) is 0 Å². The molecule has 1 aliphatic carbocycles. The lowest BCUT2D eigenvalue weighted by Crippen LogP contribution is -2.22. The Kier molecular flexibility index (Phi) is 3.82. The highest BCUT2D eigenvalue weighted by Crippen LogP contribution is 2.42. The Hall–Kier alpha value is -2.09. The zero-order chi connectivity index (χ0) is 13.8. The van der Waals surface area contributed by atoms with E-state index in [1.165, 1.54) is 11.1 Å². The highest BCUT2D eigenvalue weighted by molar-refractivity contribution is 5.85. The molecule has 1 aliphatic rings. The summed E-state index contributed by atoms with van der Waals surface area (Å²) in [6.07, 6.45) is 2.78. The van der Waals surface area contributed by atoms with Gasteiger partial charge >= 0.3 is 0 Å². The van der Waals surface area contributed by atoms with Gasteiger partial charge in [-0.05, 0) is 42.2 Å². The van der Waals surface area contributed by atoms with Crippen LogP contribution < -0.4 is 0 Å². The van der Waals surface area contributed by atoms with E-state index < -0.39 is 0 Å². The Morgan fingerprint density at radius 1 is 0.800 bits per heavy atom. The lowest BCUT2D eigenvalue weighted by atomic mass is 9.71. The molecule has 3 rings (SSSR count). The van der Waals surface area contributed by atoms with Crippen LogP contribution in [-0.2, 0) is 0 Å². The number of oxime groups is 1. The van der Waals surface area contributed by atoms with Gasteiger partial charge < -0.3 is 5.21 Å². The van der Waals surface area contributed by atoms with Gasteiger partial charge in [0.05, 0.1) is 5.71 Å². The van der Waals surface area contributed by atoms with Crippen LogP contribution in [-0.4, -0.2) is 10.9 Å². The van der Waals surface area contributed by atoms with Gasteiger partial charge in [0, 0.05) is 0 Å². The van der Waals surface area contributed by atoms with Gasteiger partial charge in [-0.2, -0.15) is 0 Å². The van der Waals surface area contributed by atoms with Crippen LogP contribution in [0.2, 0.25) is 0 Å². The lowest BCUT2D eigenvalue weighted by molar-refractivity contribution is 0.311. The molecule has 2 nitrogen and oxygen atoms in total. The first-order chi connectivity index (χ1) is 9.88. The predicted molar refractivity (Wildman–Crippen MR) is 81.4 cm³/mol. The van der Waals surface area contributed by atoms with Gasteiger partial charge in [0.25, 0.3) is 0 Å². The molecule has 2 aromatic carbocycles. The van der Waals surface area contributed by atoms with Gasteiger partial charge in [-0.3, -0.25) is 0 Å². The van der Waals surface area contributed by atoms with E-state index in [0.29, 0.717) is 11.8 Å². The summed E-state index contributed by atoms with van der Waals surface area (Å²) in [5.41, 5.74) is 3.64. The molecule has 0 aliphatic heterocycles. The minimum Gasteiger partial charge on any atom is -0.411 e. The van der Waals surface area contributed by atoms with Crippen LogP contribution in [0.25, 0.3) is 0 Å². The number of hydrogen-bond donors (Lipinski definition) is 1. The fourth-order valence-corrected chi connectivity index (χ4v) is 3.26. The molecular weight excluding hydrogens is 246 g/mol. The third-order valence-electron chi connectivity index (χ3n) is 4.28. The first-order valence-electron chi connectivity index (χ1n) is 7.18. The Bertz CT molecular complexity index is 577. The molecule has 2 aromatic rings. The fourth-order valence-electron chi connectivity index (χ4n) is 3.26. The molecule has 20 heavy (non-hydrogen) atoms. The second-order valence-electron chi connectivity index (χ2n) is 5.44. The van der Waals surface area contributed by atoms with Gasteiger partial charge in [0.15, 0.2) is 0 Å². The van der Waals surface area contributed by atoms with E-state index in [4.69, 9.17) is 5.21 Å². The molecule has 102 valence electrons. The molecule has 0 amide bonds. The van der Waals surface area contributed by atoms with Gasteiger partial charge in [-0.15, -0.1) is 0 Å². The first-order valence-corrected chi connectivity index (χ1v) is 7.18. The molecule has 2 heteroatoms. The second-order valence-corrected chi connectivity index (χ2v) is 5.44. The topological polar surface area (TPSA) is 32.6 Å². The highest BCUT2D eigenvalue weighted by atomic mass is 16.4. The smallest absolute Gasteiger partial charge is 0.0577 e. The van der Waals surface area contributed by atoms with Crippen molar-refractivity contribution in [1.82, 2.24) is 0 Å². The monoisotopic (exact) mass is 265 g/mol. The zero-order valence-electron chi connectivity index (χ0n) is 11.4. The van der Waals surface area contributed by atoms with Crippen molar-refractivity contribution >= 4 is 5.71 Å². The largest absolute Gasteiger partial charge is 0.411 e. The number of benzene rings is 2.